The number of hydrogen-bond acceptors (Lipinski definition) is 2. The summed E-state index contributed by atoms with van der Waals surface area (Å²) in [7, 11) is 0. The van der Waals surface area contributed by atoms with Crippen molar-refractivity contribution >= 4 is 12.2 Å². The highest BCUT2D eigenvalue weighted by Crippen LogP contribution is 2.31. The number of fused-ring (bicyclic) bond motifs is 1. The number of carbonyl (C=O) groups excluding carboxylic acids is 2. The molecular formula is C18H26N2O2. The summed E-state index contributed by atoms with van der Waals surface area (Å²) in [5, 5.41) is 0. The van der Waals surface area contributed by atoms with Gasteiger partial charge in [-0.05, 0) is 24.8 Å². The van der Waals surface area contributed by atoms with Gasteiger partial charge in [0, 0.05) is 42.4 Å². The van der Waals surface area contributed by atoms with Gasteiger partial charge in [0.25, 0.3) is 0 Å². The summed E-state index contributed by atoms with van der Waals surface area (Å²) in [4.78, 5) is 25.8. The van der Waals surface area contributed by atoms with Crippen molar-refractivity contribution in [3.8, 4) is 0 Å². The van der Waals surface area contributed by atoms with Crippen LogP contribution in [0.2, 0.25) is 0 Å². The van der Waals surface area contributed by atoms with Crippen LogP contribution in [0.15, 0.2) is 12.3 Å². The fourth-order valence-electron chi connectivity index (χ4n) is 3.97. The lowest BCUT2D eigenvalue weighted by Gasteiger charge is -2.30. The second-order valence-electron chi connectivity index (χ2n) is 7.78. The lowest BCUT2D eigenvalue weighted by Crippen LogP contribution is -2.38. The summed E-state index contributed by atoms with van der Waals surface area (Å²) >= 11 is 0. The van der Waals surface area contributed by atoms with Crippen LogP contribution in [0.25, 0.3) is 0 Å². The summed E-state index contributed by atoms with van der Waals surface area (Å²) in [6.45, 7) is 6.65. The molecule has 1 aliphatic carbocycles. The molecule has 1 aromatic heterocycles. The van der Waals surface area contributed by atoms with Crippen LogP contribution in [0.5, 0.6) is 0 Å². The lowest BCUT2D eigenvalue weighted by molar-refractivity contribution is -0.134. The standard InChI is InChI=1S/C18H26N2O2/c1-18(2)12-19-9-15(11-21)7-16(19)10-20(13-18)17(22)8-14-5-3-4-6-14/h7,9,11,14H,3-6,8,10,12-13H2,1-2H3. The van der Waals surface area contributed by atoms with Crippen molar-refractivity contribution < 1.29 is 9.59 Å². The normalized spacial score (nSPS) is 21.5. The smallest absolute Gasteiger partial charge is 0.223 e. The van der Waals surface area contributed by atoms with Crippen LogP contribution < -0.4 is 0 Å². The van der Waals surface area contributed by atoms with Gasteiger partial charge in [-0.15, -0.1) is 0 Å². The quantitative estimate of drug-likeness (QED) is 0.804. The third-order valence-corrected chi connectivity index (χ3v) is 5.00. The second-order valence-corrected chi connectivity index (χ2v) is 7.78. The molecule has 120 valence electrons. The third-order valence-electron chi connectivity index (χ3n) is 5.00. The van der Waals surface area contributed by atoms with Gasteiger partial charge in [-0.3, -0.25) is 9.59 Å². The van der Waals surface area contributed by atoms with Crippen LogP contribution in [0.3, 0.4) is 0 Å². The minimum Gasteiger partial charge on any atom is -0.348 e. The molecule has 1 amide bonds. The maximum absolute atomic E-state index is 12.7. The van der Waals surface area contributed by atoms with E-state index >= 15 is 0 Å². The molecule has 1 aromatic rings. The van der Waals surface area contributed by atoms with Gasteiger partial charge >= 0.3 is 0 Å². The highest BCUT2D eigenvalue weighted by atomic mass is 16.2. The van der Waals surface area contributed by atoms with Crippen LogP contribution in [-0.2, 0) is 17.9 Å². The average molecular weight is 302 g/mol. The first kappa shape index (κ1) is 15.3. The van der Waals surface area contributed by atoms with Crippen molar-refractivity contribution in [3.63, 3.8) is 0 Å². The summed E-state index contributed by atoms with van der Waals surface area (Å²) in [6.07, 6.45) is 8.44. The zero-order valence-corrected chi connectivity index (χ0v) is 13.7. The molecule has 1 saturated carbocycles. The molecule has 0 atom stereocenters. The molecule has 0 bridgehead atoms. The Hall–Kier alpha value is -1.58. The van der Waals surface area contributed by atoms with Gasteiger partial charge < -0.3 is 9.47 Å². The lowest BCUT2D eigenvalue weighted by atomic mass is 9.92. The Balaban J connectivity index is 1.78. The fourth-order valence-corrected chi connectivity index (χ4v) is 3.97. The van der Waals surface area contributed by atoms with E-state index in [0.29, 0.717) is 24.4 Å². The fraction of sp³-hybridized carbons (Fsp3) is 0.667. The molecule has 0 aromatic carbocycles. The van der Waals surface area contributed by atoms with E-state index < -0.39 is 0 Å². The molecule has 2 aliphatic rings. The monoisotopic (exact) mass is 302 g/mol. The van der Waals surface area contributed by atoms with E-state index in [9.17, 15) is 9.59 Å². The van der Waals surface area contributed by atoms with Crippen molar-refractivity contribution in [2.75, 3.05) is 6.54 Å². The first-order valence-electron chi connectivity index (χ1n) is 8.39. The molecule has 0 N–H and O–H groups in total. The van der Waals surface area contributed by atoms with Gasteiger partial charge in [-0.25, -0.2) is 0 Å². The number of nitrogens with zero attached hydrogens (tertiary/aromatic N) is 2. The van der Waals surface area contributed by atoms with Gasteiger partial charge in [0.2, 0.25) is 5.91 Å². The number of amides is 1. The third kappa shape index (κ3) is 3.26. The zero-order chi connectivity index (χ0) is 15.7. The molecule has 3 rings (SSSR count). The molecule has 0 radical (unpaired) electrons. The van der Waals surface area contributed by atoms with Gasteiger partial charge in [-0.2, -0.15) is 0 Å². The van der Waals surface area contributed by atoms with Gasteiger partial charge in [0.15, 0.2) is 6.29 Å². The molecule has 4 nitrogen and oxygen atoms in total. The molecule has 4 heteroatoms. The van der Waals surface area contributed by atoms with Crippen molar-refractivity contribution in [1.29, 1.82) is 0 Å². The topological polar surface area (TPSA) is 42.3 Å². The van der Waals surface area contributed by atoms with Gasteiger partial charge in [0.1, 0.15) is 0 Å². The Kier molecular flexibility index (Phi) is 4.11. The van der Waals surface area contributed by atoms with Crippen LogP contribution in [0, 0.1) is 11.3 Å². The van der Waals surface area contributed by atoms with Gasteiger partial charge in [-0.1, -0.05) is 26.7 Å². The van der Waals surface area contributed by atoms with Crippen molar-refractivity contribution in [2.24, 2.45) is 11.3 Å². The van der Waals surface area contributed by atoms with E-state index in [1.165, 1.54) is 25.7 Å². The van der Waals surface area contributed by atoms with Crippen LogP contribution in [-0.4, -0.2) is 28.2 Å². The van der Waals surface area contributed by atoms with E-state index in [0.717, 1.165) is 25.1 Å². The molecule has 22 heavy (non-hydrogen) atoms. The summed E-state index contributed by atoms with van der Waals surface area (Å²) < 4.78 is 2.15. The first-order valence-corrected chi connectivity index (χ1v) is 8.39. The Morgan fingerprint density at radius 2 is 2.05 bits per heavy atom. The number of hydrogen-bond donors (Lipinski definition) is 0. The Labute approximate surface area is 132 Å². The molecule has 1 aliphatic heterocycles. The summed E-state index contributed by atoms with van der Waals surface area (Å²) in [6, 6.07) is 1.92. The summed E-state index contributed by atoms with van der Waals surface area (Å²) in [5.41, 5.74) is 1.80. The van der Waals surface area contributed by atoms with E-state index in [1.54, 1.807) is 0 Å². The maximum Gasteiger partial charge on any atom is 0.223 e. The molecule has 0 saturated heterocycles. The van der Waals surface area contributed by atoms with E-state index in [4.69, 9.17) is 0 Å². The molecule has 0 spiro atoms. The Morgan fingerprint density at radius 1 is 1.32 bits per heavy atom. The minimum atomic E-state index is 0.0236. The van der Waals surface area contributed by atoms with E-state index in [2.05, 4.69) is 18.4 Å². The number of rotatable bonds is 3. The van der Waals surface area contributed by atoms with E-state index in [-0.39, 0.29) is 11.3 Å². The zero-order valence-electron chi connectivity index (χ0n) is 13.7. The predicted molar refractivity (Wildman–Crippen MR) is 85.6 cm³/mol. The molecule has 0 unspecified atom stereocenters. The van der Waals surface area contributed by atoms with Crippen LogP contribution in [0.1, 0.15) is 62.0 Å². The first-order chi connectivity index (χ1) is 10.5. The van der Waals surface area contributed by atoms with Crippen molar-refractivity contribution in [3.05, 3.63) is 23.5 Å². The Bertz CT molecular complexity index is 568. The summed E-state index contributed by atoms with van der Waals surface area (Å²) in [5.74, 6) is 0.860. The number of aldehydes is 1. The molecular weight excluding hydrogens is 276 g/mol. The van der Waals surface area contributed by atoms with Crippen molar-refractivity contribution in [1.82, 2.24) is 9.47 Å². The SMILES string of the molecule is CC1(C)CN(C(=O)CC2CCCC2)Cc2cc(C=O)cn2C1. The number of carbonyl (C=O) groups is 2. The largest absolute Gasteiger partial charge is 0.348 e. The average Bonchev–Trinajstić information content (AvgIpc) is 3.05. The highest BCUT2D eigenvalue weighted by molar-refractivity contribution is 5.77. The maximum atomic E-state index is 12.7. The molecule has 1 fully saturated rings. The predicted octanol–water partition coefficient (Wildman–Crippen LogP) is 3.25. The Morgan fingerprint density at radius 3 is 2.73 bits per heavy atom. The van der Waals surface area contributed by atoms with E-state index in [1.807, 2.05) is 17.2 Å². The van der Waals surface area contributed by atoms with Gasteiger partial charge in [0.05, 0.1) is 6.54 Å². The van der Waals surface area contributed by atoms with Crippen LogP contribution >= 0.6 is 0 Å². The van der Waals surface area contributed by atoms with Crippen molar-refractivity contribution in [2.45, 2.75) is 59.0 Å². The second kappa shape index (κ2) is 5.90. The van der Waals surface area contributed by atoms with Crippen LogP contribution in [0.4, 0.5) is 0 Å². The molecule has 2 heterocycles. The number of aromatic nitrogens is 1. The minimum absolute atomic E-state index is 0.0236. The highest BCUT2D eigenvalue weighted by Gasteiger charge is 2.31.